The molecule has 0 bridgehead atoms. The molecule has 3 atom stereocenters. The van der Waals surface area contributed by atoms with Gasteiger partial charge < -0.3 is 5.32 Å². The van der Waals surface area contributed by atoms with Crippen molar-refractivity contribution in [3.05, 3.63) is 0 Å². The first-order valence-electron chi connectivity index (χ1n) is 7.24. The van der Waals surface area contributed by atoms with E-state index in [-0.39, 0.29) is 23.9 Å². The Balaban J connectivity index is 1.51. The third kappa shape index (κ3) is 2.30. The molecule has 4 heteroatoms. The number of amides is 2. The molecule has 2 amide bonds. The zero-order valence-electron chi connectivity index (χ0n) is 11.0. The SMILES string of the molecule is CC1CCC(CNC2CC(=O)N(C3CC3)C2=O)C1. The van der Waals surface area contributed by atoms with Crippen LogP contribution in [0.15, 0.2) is 0 Å². The molecule has 2 saturated carbocycles. The molecule has 4 nitrogen and oxygen atoms in total. The van der Waals surface area contributed by atoms with E-state index in [9.17, 15) is 9.59 Å². The maximum Gasteiger partial charge on any atom is 0.247 e. The van der Waals surface area contributed by atoms with Crippen molar-refractivity contribution in [1.29, 1.82) is 0 Å². The number of likely N-dealkylation sites (tertiary alicyclic amines) is 1. The van der Waals surface area contributed by atoms with E-state index in [0.717, 1.165) is 25.3 Å². The minimum Gasteiger partial charge on any atom is -0.305 e. The summed E-state index contributed by atoms with van der Waals surface area (Å²) >= 11 is 0. The fourth-order valence-electron chi connectivity index (χ4n) is 3.35. The summed E-state index contributed by atoms with van der Waals surface area (Å²) in [5.74, 6) is 1.56. The molecule has 3 rings (SSSR count). The Bertz CT molecular complexity index is 365. The lowest BCUT2D eigenvalue weighted by Crippen LogP contribution is -2.41. The number of carbonyl (C=O) groups is 2. The van der Waals surface area contributed by atoms with Crippen molar-refractivity contribution in [2.75, 3.05) is 6.54 Å². The molecule has 0 aromatic heterocycles. The molecule has 1 saturated heterocycles. The molecule has 18 heavy (non-hydrogen) atoms. The maximum absolute atomic E-state index is 12.1. The molecule has 1 N–H and O–H groups in total. The van der Waals surface area contributed by atoms with E-state index >= 15 is 0 Å². The van der Waals surface area contributed by atoms with Crippen LogP contribution in [0, 0.1) is 11.8 Å². The van der Waals surface area contributed by atoms with Crippen molar-refractivity contribution < 1.29 is 9.59 Å². The second-order valence-corrected chi connectivity index (χ2v) is 6.28. The molecule has 3 aliphatic rings. The maximum atomic E-state index is 12.1. The highest BCUT2D eigenvalue weighted by Gasteiger charge is 2.45. The van der Waals surface area contributed by atoms with E-state index in [1.165, 1.54) is 24.2 Å². The van der Waals surface area contributed by atoms with Crippen LogP contribution in [0.25, 0.3) is 0 Å². The second kappa shape index (κ2) is 4.65. The number of rotatable bonds is 4. The standard InChI is InChI=1S/C14H22N2O2/c1-9-2-3-10(6-9)8-15-12-7-13(17)16(14(12)18)11-4-5-11/h9-12,15H,2-8H2,1H3. The normalized spacial score (nSPS) is 36.7. The lowest BCUT2D eigenvalue weighted by atomic mass is 10.1. The smallest absolute Gasteiger partial charge is 0.247 e. The minimum atomic E-state index is -0.242. The molecule has 0 radical (unpaired) electrons. The Labute approximate surface area is 108 Å². The number of hydrogen-bond acceptors (Lipinski definition) is 3. The van der Waals surface area contributed by atoms with E-state index in [1.807, 2.05) is 0 Å². The van der Waals surface area contributed by atoms with Gasteiger partial charge in [-0.25, -0.2) is 0 Å². The summed E-state index contributed by atoms with van der Waals surface area (Å²) in [6.07, 6.45) is 6.20. The Morgan fingerprint density at radius 3 is 2.61 bits per heavy atom. The quantitative estimate of drug-likeness (QED) is 0.765. The van der Waals surface area contributed by atoms with Crippen LogP contribution >= 0.6 is 0 Å². The molecule has 100 valence electrons. The van der Waals surface area contributed by atoms with Gasteiger partial charge in [-0.2, -0.15) is 0 Å². The van der Waals surface area contributed by atoms with Crippen LogP contribution in [0.5, 0.6) is 0 Å². The van der Waals surface area contributed by atoms with Crippen LogP contribution in [0.3, 0.4) is 0 Å². The second-order valence-electron chi connectivity index (χ2n) is 6.28. The van der Waals surface area contributed by atoms with Gasteiger partial charge in [-0.3, -0.25) is 14.5 Å². The van der Waals surface area contributed by atoms with E-state index in [2.05, 4.69) is 12.2 Å². The Morgan fingerprint density at radius 2 is 2.00 bits per heavy atom. The van der Waals surface area contributed by atoms with E-state index in [1.54, 1.807) is 0 Å². The molecule has 2 aliphatic carbocycles. The number of nitrogens with one attached hydrogen (secondary N) is 1. The molecule has 0 spiro atoms. The van der Waals surface area contributed by atoms with Crippen molar-refractivity contribution in [2.45, 2.75) is 57.5 Å². The summed E-state index contributed by atoms with van der Waals surface area (Å²) < 4.78 is 0. The van der Waals surface area contributed by atoms with Gasteiger partial charge in [0.15, 0.2) is 0 Å². The summed E-state index contributed by atoms with van der Waals surface area (Å²) in [6.45, 7) is 3.19. The molecule has 0 aromatic carbocycles. The highest BCUT2D eigenvalue weighted by Crippen LogP contribution is 2.32. The zero-order chi connectivity index (χ0) is 12.7. The third-order valence-electron chi connectivity index (χ3n) is 4.55. The highest BCUT2D eigenvalue weighted by atomic mass is 16.2. The summed E-state index contributed by atoms with van der Waals surface area (Å²) in [6, 6.07) is -0.0164. The first-order chi connectivity index (χ1) is 8.65. The van der Waals surface area contributed by atoms with Crippen molar-refractivity contribution in [3.63, 3.8) is 0 Å². The summed E-state index contributed by atoms with van der Waals surface area (Å²) in [5.41, 5.74) is 0. The first-order valence-corrected chi connectivity index (χ1v) is 7.24. The number of nitrogens with zero attached hydrogens (tertiary/aromatic N) is 1. The Morgan fingerprint density at radius 1 is 1.22 bits per heavy atom. The van der Waals surface area contributed by atoms with Gasteiger partial charge in [0.2, 0.25) is 11.8 Å². The molecule has 3 fully saturated rings. The third-order valence-corrected chi connectivity index (χ3v) is 4.55. The first kappa shape index (κ1) is 12.2. The molecule has 3 unspecified atom stereocenters. The predicted molar refractivity (Wildman–Crippen MR) is 67.8 cm³/mol. The van der Waals surface area contributed by atoms with Gasteiger partial charge in [0.1, 0.15) is 0 Å². The van der Waals surface area contributed by atoms with Crippen LogP contribution < -0.4 is 5.32 Å². The summed E-state index contributed by atoms with van der Waals surface area (Å²) in [7, 11) is 0. The number of imide groups is 1. The Kier molecular flexibility index (Phi) is 3.14. The average Bonchev–Trinajstić information content (AvgIpc) is 3.00. The van der Waals surface area contributed by atoms with Gasteiger partial charge in [0.05, 0.1) is 12.5 Å². The molecular formula is C14H22N2O2. The van der Waals surface area contributed by atoms with E-state index < -0.39 is 0 Å². The van der Waals surface area contributed by atoms with Crippen LogP contribution in [-0.2, 0) is 9.59 Å². The van der Waals surface area contributed by atoms with Crippen LogP contribution in [0.4, 0.5) is 0 Å². The van der Waals surface area contributed by atoms with Gasteiger partial charge in [-0.15, -0.1) is 0 Å². The van der Waals surface area contributed by atoms with Crippen molar-refractivity contribution in [3.8, 4) is 0 Å². The lowest BCUT2D eigenvalue weighted by molar-refractivity contribution is -0.139. The molecule has 1 heterocycles. The van der Waals surface area contributed by atoms with E-state index in [4.69, 9.17) is 0 Å². The molecule has 1 aliphatic heterocycles. The molecule has 0 aromatic rings. The molecular weight excluding hydrogens is 228 g/mol. The van der Waals surface area contributed by atoms with Gasteiger partial charge in [0.25, 0.3) is 0 Å². The number of hydrogen-bond donors (Lipinski definition) is 1. The topological polar surface area (TPSA) is 49.4 Å². The van der Waals surface area contributed by atoms with Crippen molar-refractivity contribution in [1.82, 2.24) is 10.2 Å². The predicted octanol–water partition coefficient (Wildman–Crippen LogP) is 1.30. The van der Waals surface area contributed by atoms with Gasteiger partial charge >= 0.3 is 0 Å². The van der Waals surface area contributed by atoms with Crippen LogP contribution in [0.1, 0.15) is 45.4 Å². The summed E-state index contributed by atoms with van der Waals surface area (Å²) in [4.78, 5) is 25.4. The fourth-order valence-corrected chi connectivity index (χ4v) is 3.35. The largest absolute Gasteiger partial charge is 0.305 e. The fraction of sp³-hybridized carbons (Fsp3) is 0.857. The average molecular weight is 250 g/mol. The monoisotopic (exact) mass is 250 g/mol. The zero-order valence-corrected chi connectivity index (χ0v) is 11.0. The van der Waals surface area contributed by atoms with Crippen LogP contribution in [-0.4, -0.2) is 35.3 Å². The Hall–Kier alpha value is -0.900. The van der Waals surface area contributed by atoms with Crippen molar-refractivity contribution in [2.24, 2.45) is 11.8 Å². The van der Waals surface area contributed by atoms with Crippen molar-refractivity contribution >= 4 is 11.8 Å². The minimum absolute atomic E-state index is 0.0218. The van der Waals surface area contributed by atoms with Gasteiger partial charge in [-0.1, -0.05) is 13.3 Å². The van der Waals surface area contributed by atoms with Gasteiger partial charge in [0, 0.05) is 6.04 Å². The number of carbonyl (C=O) groups excluding carboxylic acids is 2. The van der Waals surface area contributed by atoms with Gasteiger partial charge in [-0.05, 0) is 44.1 Å². The lowest BCUT2D eigenvalue weighted by Gasteiger charge is -2.16. The summed E-state index contributed by atoms with van der Waals surface area (Å²) in [5, 5.41) is 3.32. The highest BCUT2D eigenvalue weighted by molar-refractivity contribution is 6.06. The van der Waals surface area contributed by atoms with Crippen LogP contribution in [0.2, 0.25) is 0 Å². The van der Waals surface area contributed by atoms with E-state index in [0.29, 0.717) is 12.3 Å².